The van der Waals surface area contributed by atoms with Gasteiger partial charge in [-0.3, -0.25) is 0 Å². The fourth-order valence-corrected chi connectivity index (χ4v) is 3.74. The summed E-state index contributed by atoms with van der Waals surface area (Å²) in [7, 11) is 0. The molecule has 1 saturated heterocycles. The largest absolute Gasteiger partial charge is 0.300 e. The number of thiol groups is 1. The summed E-state index contributed by atoms with van der Waals surface area (Å²) in [5.41, 5.74) is 0.556. The van der Waals surface area contributed by atoms with Crippen molar-refractivity contribution in [1.29, 1.82) is 0 Å². The van der Waals surface area contributed by atoms with Crippen molar-refractivity contribution in [2.45, 2.75) is 57.9 Å². The van der Waals surface area contributed by atoms with Gasteiger partial charge in [-0.05, 0) is 50.3 Å². The molecule has 0 bridgehead atoms. The van der Waals surface area contributed by atoms with Crippen LogP contribution in [0.1, 0.15) is 51.9 Å². The van der Waals surface area contributed by atoms with E-state index in [-0.39, 0.29) is 0 Å². The average Bonchev–Trinajstić information content (AvgIpc) is 2.66. The normalized spacial score (nSPS) is 32.0. The van der Waals surface area contributed by atoms with Crippen LogP contribution in [0.25, 0.3) is 0 Å². The number of hydrogen-bond donors (Lipinski definition) is 1. The highest BCUT2D eigenvalue weighted by Gasteiger charge is 2.34. The van der Waals surface area contributed by atoms with E-state index < -0.39 is 0 Å². The molecule has 2 rings (SSSR count). The number of nitrogens with zero attached hydrogens (tertiary/aromatic N) is 1. The average molecular weight is 227 g/mol. The zero-order valence-electron chi connectivity index (χ0n) is 10.0. The fraction of sp³-hybridized carbons (Fsp3) is 1.00. The lowest BCUT2D eigenvalue weighted by atomic mass is 9.75. The molecule has 2 heteroatoms. The lowest BCUT2D eigenvalue weighted by molar-refractivity contribution is 0.122. The molecule has 1 unspecified atom stereocenters. The molecule has 1 aliphatic heterocycles. The van der Waals surface area contributed by atoms with Gasteiger partial charge in [-0.25, -0.2) is 0 Å². The van der Waals surface area contributed by atoms with Crippen LogP contribution < -0.4 is 0 Å². The molecule has 1 heterocycles. The van der Waals surface area contributed by atoms with Gasteiger partial charge >= 0.3 is 0 Å². The van der Waals surface area contributed by atoms with Crippen LogP contribution in [0, 0.1) is 5.41 Å². The van der Waals surface area contributed by atoms with Crippen molar-refractivity contribution < 1.29 is 0 Å². The first-order valence-corrected chi connectivity index (χ1v) is 7.24. The first-order chi connectivity index (χ1) is 7.26. The quantitative estimate of drug-likeness (QED) is 0.724. The Balaban J connectivity index is 1.94. The van der Waals surface area contributed by atoms with Gasteiger partial charge < -0.3 is 4.90 Å². The van der Waals surface area contributed by atoms with Crippen molar-refractivity contribution in [3.8, 4) is 0 Å². The molecular formula is C13H25NS. The Labute approximate surface area is 100 Å². The molecule has 88 valence electrons. The molecule has 2 aliphatic rings. The Morgan fingerprint density at radius 1 is 1.20 bits per heavy atom. The number of likely N-dealkylation sites (tertiary alicyclic amines) is 1. The van der Waals surface area contributed by atoms with E-state index >= 15 is 0 Å². The van der Waals surface area contributed by atoms with Crippen molar-refractivity contribution in [3.63, 3.8) is 0 Å². The standard InChI is InChI=1S/C13H25NS/c1-12-6-5-9-14(12)10-13(11-15)7-3-2-4-8-13/h12,15H,2-11H2,1H3. The SMILES string of the molecule is CC1CCCN1CC1(CS)CCCCC1. The minimum atomic E-state index is 0.556. The maximum Gasteiger partial charge on any atom is 0.00676 e. The van der Waals surface area contributed by atoms with Gasteiger partial charge in [0.2, 0.25) is 0 Å². The molecule has 1 aliphatic carbocycles. The van der Waals surface area contributed by atoms with Gasteiger partial charge in [0.25, 0.3) is 0 Å². The van der Waals surface area contributed by atoms with Crippen molar-refractivity contribution in [2.75, 3.05) is 18.8 Å². The molecule has 1 nitrogen and oxygen atoms in total. The van der Waals surface area contributed by atoms with Crippen LogP contribution in [-0.2, 0) is 0 Å². The van der Waals surface area contributed by atoms with E-state index in [1.54, 1.807) is 0 Å². The van der Waals surface area contributed by atoms with E-state index in [4.69, 9.17) is 0 Å². The lowest BCUT2D eigenvalue weighted by Gasteiger charge is -2.40. The number of hydrogen-bond acceptors (Lipinski definition) is 2. The third-order valence-electron chi connectivity index (χ3n) is 4.48. The summed E-state index contributed by atoms with van der Waals surface area (Å²) in [4.78, 5) is 2.71. The molecular weight excluding hydrogens is 202 g/mol. The van der Waals surface area contributed by atoms with Crippen LogP contribution in [-0.4, -0.2) is 29.8 Å². The van der Waals surface area contributed by atoms with Gasteiger partial charge in [0.1, 0.15) is 0 Å². The Bertz CT molecular complexity index is 199. The fourth-order valence-electron chi connectivity index (χ4n) is 3.33. The van der Waals surface area contributed by atoms with E-state index in [2.05, 4.69) is 24.5 Å². The van der Waals surface area contributed by atoms with Crippen LogP contribution in [0.5, 0.6) is 0 Å². The summed E-state index contributed by atoms with van der Waals surface area (Å²) in [5, 5.41) is 0. The van der Waals surface area contributed by atoms with Crippen LogP contribution >= 0.6 is 12.6 Å². The Hall–Kier alpha value is 0.310. The minimum Gasteiger partial charge on any atom is -0.300 e. The van der Waals surface area contributed by atoms with E-state index in [9.17, 15) is 0 Å². The molecule has 0 aromatic heterocycles. The Kier molecular flexibility index (Phi) is 4.00. The molecule has 2 fully saturated rings. The highest BCUT2D eigenvalue weighted by atomic mass is 32.1. The predicted octanol–water partition coefficient (Wildman–Crippen LogP) is 3.35. The van der Waals surface area contributed by atoms with Crippen LogP contribution in [0.4, 0.5) is 0 Å². The molecule has 0 amide bonds. The summed E-state index contributed by atoms with van der Waals surface area (Å²) in [6, 6.07) is 0.823. The second-order valence-electron chi connectivity index (χ2n) is 5.68. The molecule has 1 saturated carbocycles. The summed E-state index contributed by atoms with van der Waals surface area (Å²) in [6.45, 7) is 5.04. The monoisotopic (exact) mass is 227 g/mol. The minimum absolute atomic E-state index is 0.556. The van der Waals surface area contributed by atoms with Crippen LogP contribution in [0.15, 0.2) is 0 Å². The highest BCUT2D eigenvalue weighted by molar-refractivity contribution is 7.80. The van der Waals surface area contributed by atoms with E-state index in [0.29, 0.717) is 5.41 Å². The Morgan fingerprint density at radius 2 is 1.93 bits per heavy atom. The summed E-state index contributed by atoms with van der Waals surface area (Å²) in [6.07, 6.45) is 9.96. The van der Waals surface area contributed by atoms with Crippen molar-refractivity contribution in [2.24, 2.45) is 5.41 Å². The van der Waals surface area contributed by atoms with Crippen molar-refractivity contribution >= 4 is 12.6 Å². The molecule has 1 atom stereocenters. The second-order valence-corrected chi connectivity index (χ2v) is 6.00. The first kappa shape index (κ1) is 11.8. The molecule has 0 radical (unpaired) electrons. The third-order valence-corrected chi connectivity index (χ3v) is 5.15. The predicted molar refractivity (Wildman–Crippen MR) is 69.6 cm³/mol. The highest BCUT2D eigenvalue weighted by Crippen LogP contribution is 2.39. The molecule has 0 N–H and O–H groups in total. The van der Waals surface area contributed by atoms with E-state index in [1.807, 2.05) is 0 Å². The first-order valence-electron chi connectivity index (χ1n) is 6.61. The van der Waals surface area contributed by atoms with Gasteiger partial charge in [-0.15, -0.1) is 0 Å². The third kappa shape index (κ3) is 2.71. The van der Waals surface area contributed by atoms with E-state index in [0.717, 1.165) is 11.8 Å². The van der Waals surface area contributed by atoms with Gasteiger partial charge in [-0.1, -0.05) is 19.3 Å². The summed E-state index contributed by atoms with van der Waals surface area (Å²) in [5.74, 6) is 1.09. The molecule has 0 aromatic carbocycles. The topological polar surface area (TPSA) is 3.24 Å². The van der Waals surface area contributed by atoms with Gasteiger partial charge in [-0.2, -0.15) is 12.6 Å². The molecule has 0 spiro atoms. The zero-order chi connectivity index (χ0) is 10.7. The van der Waals surface area contributed by atoms with E-state index in [1.165, 1.54) is 58.0 Å². The van der Waals surface area contributed by atoms with Crippen LogP contribution in [0.3, 0.4) is 0 Å². The Morgan fingerprint density at radius 3 is 2.47 bits per heavy atom. The van der Waals surface area contributed by atoms with Gasteiger partial charge in [0.05, 0.1) is 0 Å². The summed E-state index contributed by atoms with van der Waals surface area (Å²) < 4.78 is 0. The molecule has 15 heavy (non-hydrogen) atoms. The number of rotatable bonds is 3. The van der Waals surface area contributed by atoms with Gasteiger partial charge in [0, 0.05) is 12.6 Å². The lowest BCUT2D eigenvalue weighted by Crippen LogP contribution is -2.41. The smallest absolute Gasteiger partial charge is 0.00676 e. The second kappa shape index (κ2) is 5.09. The summed E-state index contributed by atoms with van der Waals surface area (Å²) >= 11 is 4.62. The van der Waals surface area contributed by atoms with Crippen LogP contribution in [0.2, 0.25) is 0 Å². The molecule has 0 aromatic rings. The zero-order valence-corrected chi connectivity index (χ0v) is 10.9. The van der Waals surface area contributed by atoms with Crippen molar-refractivity contribution in [1.82, 2.24) is 4.90 Å². The maximum absolute atomic E-state index is 4.62. The maximum atomic E-state index is 4.62. The van der Waals surface area contributed by atoms with Gasteiger partial charge in [0.15, 0.2) is 0 Å². The van der Waals surface area contributed by atoms with Crippen molar-refractivity contribution in [3.05, 3.63) is 0 Å².